The lowest BCUT2D eigenvalue weighted by Crippen LogP contribution is -2.60. The zero-order chi connectivity index (χ0) is 32.5. The number of carbonyl (C=O) groups is 2. The lowest BCUT2D eigenvalue weighted by atomic mass is 9.99. The van der Waals surface area contributed by atoms with E-state index in [2.05, 4.69) is 5.32 Å². The summed E-state index contributed by atoms with van der Waals surface area (Å²) < 4.78 is 38.5. The summed E-state index contributed by atoms with van der Waals surface area (Å²) in [5.41, 5.74) is 0.00530. The van der Waals surface area contributed by atoms with Gasteiger partial charge in [-0.1, -0.05) is 6.07 Å². The van der Waals surface area contributed by atoms with Crippen molar-refractivity contribution in [1.82, 2.24) is 5.32 Å². The summed E-state index contributed by atoms with van der Waals surface area (Å²) in [5.74, 6) is 0.387. The normalized spacial score (nSPS) is 23.6. The molecule has 0 bridgehead atoms. The minimum Gasteiger partial charge on any atom is -0.486 e. The quantitative estimate of drug-likeness (QED) is 0.277. The predicted octanol–water partition coefficient (Wildman–Crippen LogP) is 1.87. The van der Waals surface area contributed by atoms with Crippen LogP contribution in [0.2, 0.25) is 0 Å². The fourth-order valence-corrected chi connectivity index (χ4v) is 4.71. The summed E-state index contributed by atoms with van der Waals surface area (Å²) in [6.45, 7) is 6.71. The van der Waals surface area contributed by atoms with Crippen LogP contribution in [0.4, 0.5) is 4.79 Å². The van der Waals surface area contributed by atoms with Crippen LogP contribution in [0.3, 0.4) is 0 Å². The van der Waals surface area contributed by atoms with E-state index in [0.29, 0.717) is 35.8 Å². The number of benzene rings is 2. The molecule has 2 aliphatic heterocycles. The number of alkyl carbamates (subject to hydrolysis) is 1. The summed E-state index contributed by atoms with van der Waals surface area (Å²) in [4.78, 5) is 37.7. The Balaban J connectivity index is 1.25. The molecule has 0 radical (unpaired) electrons. The Labute approximate surface area is 257 Å². The summed E-state index contributed by atoms with van der Waals surface area (Å²) in [5, 5.41) is 34.0. The molecule has 0 aliphatic carbocycles. The van der Waals surface area contributed by atoms with Crippen molar-refractivity contribution >= 4 is 23.0 Å². The molecule has 45 heavy (non-hydrogen) atoms. The molecule has 0 spiro atoms. The molecule has 0 saturated carbocycles. The third-order valence-corrected chi connectivity index (χ3v) is 7.00. The van der Waals surface area contributed by atoms with Gasteiger partial charge in [-0.3, -0.25) is 4.79 Å². The molecule has 1 aromatic heterocycles. The van der Waals surface area contributed by atoms with Gasteiger partial charge in [0.15, 0.2) is 16.9 Å². The van der Waals surface area contributed by atoms with Gasteiger partial charge in [-0.2, -0.15) is 0 Å². The highest BCUT2D eigenvalue weighted by Crippen LogP contribution is 2.34. The molecule has 1 saturated heterocycles. The number of aliphatic hydroxyl groups excluding tert-OH is 3. The van der Waals surface area contributed by atoms with Gasteiger partial charge in [0.1, 0.15) is 73.5 Å². The summed E-state index contributed by atoms with van der Waals surface area (Å²) in [6.07, 6.45) is -7.32. The minimum absolute atomic E-state index is 0.122. The zero-order valence-electron chi connectivity index (χ0n) is 25.1. The van der Waals surface area contributed by atoms with Gasteiger partial charge in [0.25, 0.3) is 0 Å². The lowest BCUT2D eigenvalue weighted by molar-refractivity contribution is -0.278. The predicted molar refractivity (Wildman–Crippen MR) is 156 cm³/mol. The molecule has 3 heterocycles. The van der Waals surface area contributed by atoms with Gasteiger partial charge < -0.3 is 53.5 Å². The van der Waals surface area contributed by atoms with Crippen molar-refractivity contribution in [2.45, 2.75) is 70.0 Å². The van der Waals surface area contributed by atoms with Gasteiger partial charge in [0, 0.05) is 6.07 Å². The first-order chi connectivity index (χ1) is 21.3. The van der Waals surface area contributed by atoms with Crippen LogP contribution in [0.25, 0.3) is 22.1 Å². The van der Waals surface area contributed by atoms with Crippen LogP contribution in [0.15, 0.2) is 51.9 Å². The van der Waals surface area contributed by atoms with E-state index in [-0.39, 0.29) is 22.1 Å². The van der Waals surface area contributed by atoms with Crippen molar-refractivity contribution in [3.8, 4) is 28.4 Å². The summed E-state index contributed by atoms with van der Waals surface area (Å²) in [7, 11) is 0. The maximum absolute atomic E-state index is 13.3. The topological polar surface area (TPSA) is 192 Å². The third-order valence-electron chi connectivity index (χ3n) is 7.00. The minimum atomic E-state index is -1.71. The molecule has 1 amide bonds. The van der Waals surface area contributed by atoms with Crippen molar-refractivity contribution in [3.63, 3.8) is 0 Å². The maximum atomic E-state index is 13.3. The Hall–Kier alpha value is -4.37. The van der Waals surface area contributed by atoms with Crippen LogP contribution in [0.1, 0.15) is 27.7 Å². The fourth-order valence-electron chi connectivity index (χ4n) is 4.71. The van der Waals surface area contributed by atoms with Gasteiger partial charge in [0.2, 0.25) is 6.29 Å². The number of aliphatic hydroxyl groups is 3. The number of hydrogen-bond acceptors (Lipinski definition) is 13. The van der Waals surface area contributed by atoms with Crippen molar-refractivity contribution in [1.29, 1.82) is 0 Å². The Kier molecular flexibility index (Phi) is 9.20. The van der Waals surface area contributed by atoms with Gasteiger partial charge in [-0.25, -0.2) is 9.59 Å². The number of esters is 1. The highest BCUT2D eigenvalue weighted by molar-refractivity contribution is 5.83. The van der Waals surface area contributed by atoms with Crippen molar-refractivity contribution in [2.24, 2.45) is 0 Å². The third kappa shape index (κ3) is 7.31. The van der Waals surface area contributed by atoms with E-state index in [4.69, 9.17) is 32.8 Å². The number of nitrogens with one attached hydrogen (secondary N) is 1. The average molecular weight is 630 g/mol. The van der Waals surface area contributed by atoms with E-state index in [9.17, 15) is 29.7 Å². The van der Waals surface area contributed by atoms with Crippen LogP contribution in [-0.4, -0.2) is 89.6 Å². The highest BCUT2D eigenvalue weighted by atomic mass is 16.7. The van der Waals surface area contributed by atoms with Gasteiger partial charge in [0.05, 0.1) is 10.9 Å². The smallest absolute Gasteiger partial charge is 0.408 e. The number of hydrogen-bond donors (Lipinski definition) is 4. The van der Waals surface area contributed by atoms with Gasteiger partial charge in [-0.05, 0) is 57.5 Å². The first kappa shape index (κ1) is 32.0. The summed E-state index contributed by atoms with van der Waals surface area (Å²) >= 11 is 0. The standard InChI is InChI=1S/C31H35NO13/c1-15(32-30(38)45-31(2,3)4)28(37)42-14-23-25(34)26(35)27(36)29(44-23)43-17-6-7-18-21(12-17)41-13-19(24(18)33)16-5-8-20-22(11-16)40-10-9-39-20/h5-8,11-13,15,23,25-27,29,34-36H,9-10,14H2,1-4H3,(H,32,38)/t15-,23?,25-,26?,27?,29-/m1/s1. The monoisotopic (exact) mass is 629 g/mol. The number of ether oxygens (including phenoxy) is 6. The van der Waals surface area contributed by atoms with Gasteiger partial charge >= 0.3 is 12.1 Å². The van der Waals surface area contributed by atoms with Crippen molar-refractivity contribution < 1.29 is 57.7 Å². The molecule has 242 valence electrons. The van der Waals surface area contributed by atoms with E-state index >= 15 is 0 Å². The second kappa shape index (κ2) is 12.9. The number of carbonyl (C=O) groups excluding carboxylic acids is 2. The molecule has 3 aromatic rings. The van der Waals surface area contributed by atoms with Crippen molar-refractivity contribution in [3.05, 3.63) is 52.9 Å². The molecular formula is C31H35NO13. The number of fused-ring (bicyclic) bond motifs is 2. The van der Waals surface area contributed by atoms with E-state index in [1.807, 2.05) is 0 Å². The molecule has 1 fully saturated rings. The van der Waals surface area contributed by atoms with Crippen LogP contribution in [-0.2, 0) is 19.0 Å². The van der Waals surface area contributed by atoms with Crippen LogP contribution in [0, 0.1) is 0 Å². The molecular weight excluding hydrogens is 594 g/mol. The molecule has 4 N–H and O–H groups in total. The first-order valence-corrected chi connectivity index (χ1v) is 14.3. The summed E-state index contributed by atoms with van der Waals surface area (Å²) in [6, 6.07) is 8.42. The van der Waals surface area contributed by atoms with Crippen LogP contribution in [0.5, 0.6) is 17.2 Å². The van der Waals surface area contributed by atoms with E-state index < -0.39 is 61.0 Å². The fraction of sp³-hybridized carbons (Fsp3) is 0.452. The average Bonchev–Trinajstić information content (AvgIpc) is 2.99. The van der Waals surface area contributed by atoms with E-state index in [1.165, 1.54) is 31.4 Å². The molecule has 2 aliphatic rings. The highest BCUT2D eigenvalue weighted by Gasteiger charge is 2.45. The molecule has 14 nitrogen and oxygen atoms in total. The number of amides is 1. The second-order valence-corrected chi connectivity index (χ2v) is 11.6. The second-order valence-electron chi connectivity index (χ2n) is 11.6. The molecule has 2 aromatic carbocycles. The Morgan fingerprint density at radius 3 is 2.47 bits per heavy atom. The van der Waals surface area contributed by atoms with Crippen LogP contribution < -0.4 is 25.0 Å². The SMILES string of the molecule is C[C@@H](NC(=O)OC(C)(C)C)C(=O)OCC1O[C@@H](Oc2ccc3c(=O)c(-c4ccc5c(c4)OCCO5)coc3c2)C(O)C(O)[C@@H]1O. The Bertz CT molecular complexity index is 1610. The van der Waals surface area contributed by atoms with E-state index in [0.717, 1.165) is 0 Å². The maximum Gasteiger partial charge on any atom is 0.408 e. The van der Waals surface area contributed by atoms with Gasteiger partial charge in [-0.15, -0.1) is 0 Å². The largest absolute Gasteiger partial charge is 0.486 e. The first-order valence-electron chi connectivity index (χ1n) is 14.3. The Morgan fingerprint density at radius 2 is 1.73 bits per heavy atom. The van der Waals surface area contributed by atoms with E-state index in [1.54, 1.807) is 39.0 Å². The zero-order valence-corrected chi connectivity index (χ0v) is 25.1. The molecule has 6 atom stereocenters. The van der Waals surface area contributed by atoms with Crippen molar-refractivity contribution in [2.75, 3.05) is 19.8 Å². The lowest BCUT2D eigenvalue weighted by Gasteiger charge is -2.40. The Morgan fingerprint density at radius 1 is 1.00 bits per heavy atom. The molecule has 5 rings (SSSR count). The molecule has 14 heteroatoms. The van der Waals surface area contributed by atoms with Crippen LogP contribution >= 0.6 is 0 Å². The number of rotatable bonds is 7. The molecule has 3 unspecified atom stereocenters.